The van der Waals surface area contributed by atoms with E-state index in [1.165, 1.54) is 270 Å². The SMILES string of the molecule is CCCCCCCCCCCCCCC(CCCCCCCCCCCCCC)CCCCC(CCCCCCCCCC)n1cc[n+](CCCC)c1. The highest BCUT2D eigenvalue weighted by atomic mass is 15.1. The summed E-state index contributed by atoms with van der Waals surface area (Å²) in [4.78, 5) is 0. The third kappa shape index (κ3) is 33.1. The van der Waals surface area contributed by atoms with E-state index < -0.39 is 0 Å². The first kappa shape index (κ1) is 50.2. The molecule has 1 unspecified atom stereocenters. The van der Waals surface area contributed by atoms with E-state index in [0.717, 1.165) is 5.92 Å². The number of unbranched alkanes of at least 4 members (excludes halogenated alkanes) is 31. The molecule has 0 fully saturated rings. The Kier molecular flexibility index (Phi) is 38.7. The second kappa shape index (κ2) is 40.9. The zero-order chi connectivity index (χ0) is 38.1. The maximum absolute atomic E-state index is 2.60. The van der Waals surface area contributed by atoms with Gasteiger partial charge in [-0.3, -0.25) is 0 Å². The van der Waals surface area contributed by atoms with Crippen molar-refractivity contribution in [2.24, 2.45) is 5.92 Å². The molecule has 0 radical (unpaired) electrons. The quantitative estimate of drug-likeness (QED) is 0.0465. The standard InChI is InChI=1S/C51H101N2/c1-5-9-13-16-19-22-24-26-28-30-33-36-41-50(42-37-34-31-29-27-25-23-20-17-14-10-6-2)43-39-40-45-51(44-38-35-32-21-18-15-11-7-3)53-48-47-52(49-53)46-12-8-4/h47-51H,5-46H2,1-4H3/q+1. The van der Waals surface area contributed by atoms with Crippen LogP contribution in [0.4, 0.5) is 0 Å². The van der Waals surface area contributed by atoms with Gasteiger partial charge in [0, 0.05) is 0 Å². The van der Waals surface area contributed by atoms with Crippen molar-refractivity contribution >= 4 is 0 Å². The third-order valence-corrected chi connectivity index (χ3v) is 12.6. The van der Waals surface area contributed by atoms with E-state index in [-0.39, 0.29) is 0 Å². The van der Waals surface area contributed by atoms with Gasteiger partial charge < -0.3 is 0 Å². The highest BCUT2D eigenvalue weighted by Crippen LogP contribution is 2.28. The minimum Gasteiger partial charge on any atom is -0.237 e. The Hall–Kier alpha value is -0.790. The number of imidazole rings is 1. The summed E-state index contributed by atoms with van der Waals surface area (Å²) in [6.45, 7) is 10.5. The van der Waals surface area contributed by atoms with Crippen LogP contribution in [0.15, 0.2) is 18.7 Å². The fourth-order valence-electron chi connectivity index (χ4n) is 8.85. The largest absolute Gasteiger partial charge is 0.243 e. The Labute approximate surface area is 336 Å². The molecule has 1 atom stereocenters. The summed E-state index contributed by atoms with van der Waals surface area (Å²) in [5.74, 6) is 0.982. The lowest BCUT2D eigenvalue weighted by molar-refractivity contribution is -0.697. The van der Waals surface area contributed by atoms with Crippen molar-refractivity contribution in [3.8, 4) is 0 Å². The van der Waals surface area contributed by atoms with E-state index in [1.54, 1.807) is 0 Å². The van der Waals surface area contributed by atoms with Gasteiger partial charge in [0.1, 0.15) is 18.4 Å². The molecule has 0 bridgehead atoms. The van der Waals surface area contributed by atoms with E-state index in [4.69, 9.17) is 0 Å². The Morgan fingerprint density at radius 2 is 0.623 bits per heavy atom. The van der Waals surface area contributed by atoms with Crippen LogP contribution in [-0.2, 0) is 6.54 Å². The Morgan fingerprint density at radius 1 is 0.340 bits per heavy atom. The molecule has 1 aromatic heterocycles. The van der Waals surface area contributed by atoms with Gasteiger partial charge in [0.25, 0.3) is 0 Å². The van der Waals surface area contributed by atoms with Crippen molar-refractivity contribution in [2.45, 2.75) is 304 Å². The fourth-order valence-corrected chi connectivity index (χ4v) is 8.85. The van der Waals surface area contributed by atoms with E-state index in [0.29, 0.717) is 6.04 Å². The summed E-state index contributed by atoms with van der Waals surface area (Å²) in [7, 11) is 0. The first-order valence-electron chi connectivity index (χ1n) is 25.3. The van der Waals surface area contributed by atoms with Gasteiger partial charge in [-0.1, -0.05) is 259 Å². The lowest BCUT2D eigenvalue weighted by Gasteiger charge is -2.18. The molecular formula is C51H101N2+. The summed E-state index contributed by atoms with van der Waals surface area (Å²) >= 11 is 0. The Bertz CT molecular complexity index is 785. The van der Waals surface area contributed by atoms with E-state index in [1.807, 2.05) is 0 Å². The molecular weight excluding hydrogens is 641 g/mol. The van der Waals surface area contributed by atoms with Crippen LogP contribution in [0.1, 0.15) is 297 Å². The molecule has 0 saturated heterocycles. The molecule has 0 aliphatic heterocycles. The molecule has 1 aromatic rings. The van der Waals surface area contributed by atoms with Gasteiger partial charge in [0.2, 0.25) is 6.33 Å². The number of aryl methyl sites for hydroxylation is 1. The number of hydrogen-bond donors (Lipinski definition) is 0. The fraction of sp³-hybridized carbons (Fsp3) is 0.941. The van der Waals surface area contributed by atoms with E-state index in [2.05, 4.69) is 55.6 Å². The second-order valence-corrected chi connectivity index (χ2v) is 17.9. The highest BCUT2D eigenvalue weighted by Gasteiger charge is 2.17. The zero-order valence-corrected chi connectivity index (χ0v) is 37.5. The van der Waals surface area contributed by atoms with Gasteiger partial charge in [-0.2, -0.15) is 0 Å². The topological polar surface area (TPSA) is 8.81 Å². The van der Waals surface area contributed by atoms with Crippen molar-refractivity contribution in [1.82, 2.24) is 4.57 Å². The molecule has 2 nitrogen and oxygen atoms in total. The van der Waals surface area contributed by atoms with Crippen molar-refractivity contribution in [3.05, 3.63) is 18.7 Å². The molecule has 0 saturated carbocycles. The number of aromatic nitrogens is 2. The van der Waals surface area contributed by atoms with Crippen LogP contribution >= 0.6 is 0 Å². The summed E-state index contributed by atoms with van der Waals surface area (Å²) in [5.41, 5.74) is 0. The van der Waals surface area contributed by atoms with Crippen LogP contribution in [0.25, 0.3) is 0 Å². The van der Waals surface area contributed by atoms with Crippen molar-refractivity contribution in [1.29, 1.82) is 0 Å². The molecule has 0 aliphatic carbocycles. The molecule has 314 valence electrons. The first-order valence-corrected chi connectivity index (χ1v) is 25.3. The molecule has 0 amide bonds. The lowest BCUT2D eigenvalue weighted by atomic mass is 9.89. The minimum absolute atomic E-state index is 0.698. The first-order chi connectivity index (χ1) is 26.2. The molecule has 1 rings (SSSR count). The van der Waals surface area contributed by atoms with Crippen LogP contribution in [0.2, 0.25) is 0 Å². The number of rotatable bonds is 44. The zero-order valence-electron chi connectivity index (χ0n) is 37.5. The van der Waals surface area contributed by atoms with Crippen LogP contribution in [0.5, 0.6) is 0 Å². The van der Waals surface area contributed by atoms with Crippen molar-refractivity contribution < 1.29 is 4.57 Å². The van der Waals surface area contributed by atoms with Crippen LogP contribution < -0.4 is 4.57 Å². The lowest BCUT2D eigenvalue weighted by Crippen LogP contribution is -2.31. The predicted octanol–water partition coefficient (Wildman–Crippen LogP) is 18.0. The Balaban J connectivity index is 2.46. The van der Waals surface area contributed by atoms with Gasteiger partial charge >= 0.3 is 0 Å². The van der Waals surface area contributed by atoms with Crippen molar-refractivity contribution in [3.63, 3.8) is 0 Å². The average molecular weight is 742 g/mol. The number of nitrogens with zero attached hydrogens (tertiary/aromatic N) is 2. The molecule has 0 N–H and O–H groups in total. The minimum atomic E-state index is 0.698. The van der Waals surface area contributed by atoms with Crippen LogP contribution in [0, 0.1) is 5.92 Å². The maximum Gasteiger partial charge on any atom is 0.243 e. The molecule has 1 heterocycles. The van der Waals surface area contributed by atoms with Crippen LogP contribution in [-0.4, -0.2) is 4.57 Å². The highest BCUT2D eigenvalue weighted by molar-refractivity contribution is 4.76. The predicted molar refractivity (Wildman–Crippen MR) is 239 cm³/mol. The van der Waals surface area contributed by atoms with Gasteiger partial charge in [-0.15, -0.1) is 0 Å². The summed E-state index contributed by atoms with van der Waals surface area (Å²) < 4.78 is 5.05. The van der Waals surface area contributed by atoms with Crippen LogP contribution in [0.3, 0.4) is 0 Å². The van der Waals surface area contributed by atoms with Gasteiger partial charge in [-0.05, 0) is 38.0 Å². The molecule has 53 heavy (non-hydrogen) atoms. The summed E-state index contributed by atoms with van der Waals surface area (Å²) in [6, 6.07) is 0.698. The van der Waals surface area contributed by atoms with Gasteiger partial charge in [0.15, 0.2) is 0 Å². The summed E-state index contributed by atoms with van der Waals surface area (Å²) in [6.07, 6.45) is 66.5. The van der Waals surface area contributed by atoms with E-state index in [9.17, 15) is 0 Å². The van der Waals surface area contributed by atoms with Gasteiger partial charge in [0.05, 0.1) is 6.54 Å². The Morgan fingerprint density at radius 3 is 0.981 bits per heavy atom. The monoisotopic (exact) mass is 742 g/mol. The maximum atomic E-state index is 2.60. The molecule has 0 aromatic carbocycles. The molecule has 0 aliphatic rings. The molecule has 2 heteroatoms. The third-order valence-electron chi connectivity index (χ3n) is 12.6. The molecule has 0 spiro atoms. The van der Waals surface area contributed by atoms with Crippen molar-refractivity contribution in [2.75, 3.05) is 0 Å². The summed E-state index contributed by atoms with van der Waals surface area (Å²) in [5, 5.41) is 0. The number of hydrogen-bond acceptors (Lipinski definition) is 0. The average Bonchev–Trinajstić information content (AvgIpc) is 3.65. The van der Waals surface area contributed by atoms with Gasteiger partial charge in [-0.25, -0.2) is 9.13 Å². The normalized spacial score (nSPS) is 12.4. The second-order valence-electron chi connectivity index (χ2n) is 17.9. The van der Waals surface area contributed by atoms with E-state index >= 15 is 0 Å². The smallest absolute Gasteiger partial charge is 0.237 e.